The van der Waals surface area contributed by atoms with Crippen LogP contribution in [-0.2, 0) is 6.54 Å². The van der Waals surface area contributed by atoms with E-state index in [9.17, 15) is 9.59 Å². The third-order valence-corrected chi connectivity index (χ3v) is 5.76. The molecule has 1 aromatic heterocycles. The van der Waals surface area contributed by atoms with Crippen LogP contribution in [0.2, 0.25) is 0 Å². The lowest BCUT2D eigenvalue weighted by atomic mass is 10.1. The standard InChI is InChI=1S/C26H29N5O2/c1-19-8-3-4-10-23(19)30-26(33)29-21-11-12-24(31-14-5-2-6-15-31)22(16-21)25(32)28-18-20-9-7-13-27-17-20/h3-4,7-13,16-17H,2,5-6,14-15,18H2,1H3,(H,28,32)(H2,29,30,33). The van der Waals surface area contributed by atoms with Gasteiger partial charge in [0.15, 0.2) is 0 Å². The van der Waals surface area contributed by atoms with Crippen molar-refractivity contribution in [1.82, 2.24) is 10.3 Å². The summed E-state index contributed by atoms with van der Waals surface area (Å²) in [5.41, 5.74) is 4.65. The predicted octanol–water partition coefficient (Wildman–Crippen LogP) is 4.95. The fourth-order valence-electron chi connectivity index (χ4n) is 3.98. The summed E-state index contributed by atoms with van der Waals surface area (Å²) in [5, 5.41) is 8.71. The van der Waals surface area contributed by atoms with Crippen molar-refractivity contribution >= 4 is 29.0 Å². The lowest BCUT2D eigenvalue weighted by Crippen LogP contribution is -2.33. The maximum absolute atomic E-state index is 13.2. The van der Waals surface area contributed by atoms with Crippen LogP contribution in [0.15, 0.2) is 67.0 Å². The minimum Gasteiger partial charge on any atom is -0.371 e. The summed E-state index contributed by atoms with van der Waals surface area (Å²) in [6, 6.07) is 16.5. The van der Waals surface area contributed by atoms with E-state index in [-0.39, 0.29) is 11.9 Å². The van der Waals surface area contributed by atoms with Gasteiger partial charge in [0.25, 0.3) is 5.91 Å². The molecule has 1 aliphatic rings. The Labute approximate surface area is 194 Å². The molecule has 33 heavy (non-hydrogen) atoms. The number of hydrogen-bond donors (Lipinski definition) is 3. The van der Waals surface area contributed by atoms with E-state index in [1.807, 2.05) is 55.5 Å². The van der Waals surface area contributed by atoms with E-state index in [0.717, 1.165) is 48.4 Å². The van der Waals surface area contributed by atoms with E-state index in [1.54, 1.807) is 18.5 Å². The van der Waals surface area contributed by atoms with Gasteiger partial charge in [-0.1, -0.05) is 24.3 Å². The number of rotatable bonds is 6. The molecule has 4 rings (SSSR count). The molecule has 170 valence electrons. The summed E-state index contributed by atoms with van der Waals surface area (Å²) in [6.07, 6.45) is 6.86. The van der Waals surface area contributed by atoms with Gasteiger partial charge >= 0.3 is 6.03 Å². The van der Waals surface area contributed by atoms with Crippen LogP contribution in [0.3, 0.4) is 0 Å². The number of nitrogens with zero attached hydrogens (tertiary/aromatic N) is 2. The molecule has 7 heteroatoms. The molecule has 7 nitrogen and oxygen atoms in total. The van der Waals surface area contributed by atoms with Gasteiger partial charge < -0.3 is 20.9 Å². The molecule has 0 atom stereocenters. The summed E-state index contributed by atoms with van der Waals surface area (Å²) >= 11 is 0. The van der Waals surface area contributed by atoms with E-state index >= 15 is 0 Å². The fraction of sp³-hybridized carbons (Fsp3) is 0.269. The van der Waals surface area contributed by atoms with Crippen molar-refractivity contribution in [3.63, 3.8) is 0 Å². The van der Waals surface area contributed by atoms with Crippen LogP contribution < -0.4 is 20.9 Å². The van der Waals surface area contributed by atoms with Crippen LogP contribution in [0.5, 0.6) is 0 Å². The zero-order valence-corrected chi connectivity index (χ0v) is 18.8. The first-order valence-electron chi connectivity index (χ1n) is 11.3. The summed E-state index contributed by atoms with van der Waals surface area (Å²) in [7, 11) is 0. The summed E-state index contributed by atoms with van der Waals surface area (Å²) in [5.74, 6) is -0.178. The van der Waals surface area contributed by atoms with Gasteiger partial charge in [0.05, 0.1) is 5.56 Å². The molecule has 0 spiro atoms. The molecule has 1 saturated heterocycles. The Kier molecular flexibility index (Phi) is 7.19. The van der Waals surface area contributed by atoms with Crippen molar-refractivity contribution in [2.24, 2.45) is 0 Å². The smallest absolute Gasteiger partial charge is 0.323 e. The molecular weight excluding hydrogens is 414 g/mol. The SMILES string of the molecule is Cc1ccccc1NC(=O)Nc1ccc(N2CCCCC2)c(C(=O)NCc2cccnc2)c1. The van der Waals surface area contributed by atoms with Gasteiger partial charge in [-0.05, 0) is 67.6 Å². The maximum Gasteiger partial charge on any atom is 0.323 e. The number of aryl methyl sites for hydroxylation is 1. The molecule has 3 amide bonds. The van der Waals surface area contributed by atoms with Crippen molar-refractivity contribution in [3.8, 4) is 0 Å². The van der Waals surface area contributed by atoms with Crippen LogP contribution >= 0.6 is 0 Å². The highest BCUT2D eigenvalue weighted by Crippen LogP contribution is 2.27. The topological polar surface area (TPSA) is 86.4 Å². The van der Waals surface area contributed by atoms with E-state index in [2.05, 4.69) is 25.8 Å². The molecule has 3 aromatic rings. The van der Waals surface area contributed by atoms with Crippen LogP contribution in [0, 0.1) is 6.92 Å². The molecule has 3 N–H and O–H groups in total. The number of benzene rings is 2. The van der Waals surface area contributed by atoms with Gasteiger partial charge in [0, 0.05) is 49.1 Å². The minimum atomic E-state index is -0.350. The van der Waals surface area contributed by atoms with Crippen LogP contribution in [0.25, 0.3) is 0 Å². The number of hydrogen-bond acceptors (Lipinski definition) is 4. The average Bonchev–Trinajstić information content (AvgIpc) is 2.85. The molecule has 0 unspecified atom stereocenters. The van der Waals surface area contributed by atoms with E-state index in [0.29, 0.717) is 17.8 Å². The summed E-state index contributed by atoms with van der Waals surface area (Å²) < 4.78 is 0. The molecule has 2 heterocycles. The number of aromatic nitrogens is 1. The number of urea groups is 1. The zero-order valence-electron chi connectivity index (χ0n) is 18.8. The zero-order chi connectivity index (χ0) is 23.0. The van der Waals surface area contributed by atoms with Crippen molar-refractivity contribution in [1.29, 1.82) is 0 Å². The van der Waals surface area contributed by atoms with Crippen LogP contribution in [-0.4, -0.2) is 30.0 Å². The molecule has 1 fully saturated rings. The molecule has 0 saturated carbocycles. The van der Waals surface area contributed by atoms with Gasteiger partial charge in [-0.15, -0.1) is 0 Å². The van der Waals surface area contributed by atoms with E-state index < -0.39 is 0 Å². The summed E-state index contributed by atoms with van der Waals surface area (Å²) in [4.78, 5) is 32.1. The predicted molar refractivity (Wildman–Crippen MR) is 132 cm³/mol. The molecule has 0 aliphatic carbocycles. The second-order valence-corrected chi connectivity index (χ2v) is 8.22. The van der Waals surface area contributed by atoms with Gasteiger partial charge in [-0.25, -0.2) is 4.79 Å². The van der Waals surface area contributed by atoms with Gasteiger partial charge in [-0.2, -0.15) is 0 Å². The Balaban J connectivity index is 1.52. The third-order valence-electron chi connectivity index (χ3n) is 5.76. The Morgan fingerprint density at radius 2 is 1.79 bits per heavy atom. The number of carbonyl (C=O) groups is 2. The minimum absolute atomic E-state index is 0.178. The molecule has 0 bridgehead atoms. The Morgan fingerprint density at radius 3 is 2.55 bits per heavy atom. The number of carbonyl (C=O) groups excluding carboxylic acids is 2. The van der Waals surface area contributed by atoms with Crippen molar-refractivity contribution in [3.05, 3.63) is 83.7 Å². The highest BCUT2D eigenvalue weighted by atomic mass is 16.2. The number of amides is 3. The number of nitrogens with one attached hydrogen (secondary N) is 3. The van der Waals surface area contributed by atoms with Gasteiger partial charge in [0.1, 0.15) is 0 Å². The second kappa shape index (κ2) is 10.6. The molecule has 0 radical (unpaired) electrons. The lowest BCUT2D eigenvalue weighted by Gasteiger charge is -2.30. The first kappa shape index (κ1) is 22.3. The largest absolute Gasteiger partial charge is 0.371 e. The third kappa shape index (κ3) is 5.88. The van der Waals surface area contributed by atoms with Crippen LogP contribution in [0.4, 0.5) is 21.9 Å². The van der Waals surface area contributed by atoms with Crippen molar-refractivity contribution in [2.75, 3.05) is 28.6 Å². The van der Waals surface area contributed by atoms with E-state index in [1.165, 1.54) is 6.42 Å². The van der Waals surface area contributed by atoms with Crippen LogP contribution in [0.1, 0.15) is 40.7 Å². The monoisotopic (exact) mass is 443 g/mol. The number of para-hydroxylation sites is 1. The molecular formula is C26H29N5O2. The van der Waals surface area contributed by atoms with Crippen molar-refractivity contribution in [2.45, 2.75) is 32.7 Å². The molecule has 1 aliphatic heterocycles. The van der Waals surface area contributed by atoms with Gasteiger partial charge in [-0.3, -0.25) is 9.78 Å². The Hall–Kier alpha value is -3.87. The van der Waals surface area contributed by atoms with E-state index in [4.69, 9.17) is 0 Å². The lowest BCUT2D eigenvalue weighted by molar-refractivity contribution is 0.0951. The number of anilines is 3. The molecule has 2 aromatic carbocycles. The normalized spacial score (nSPS) is 13.3. The highest BCUT2D eigenvalue weighted by Gasteiger charge is 2.20. The number of piperidine rings is 1. The summed E-state index contributed by atoms with van der Waals surface area (Å²) in [6.45, 7) is 4.16. The Morgan fingerprint density at radius 1 is 0.970 bits per heavy atom. The first-order chi connectivity index (χ1) is 16.1. The van der Waals surface area contributed by atoms with Crippen molar-refractivity contribution < 1.29 is 9.59 Å². The Bertz CT molecular complexity index is 1110. The second-order valence-electron chi connectivity index (χ2n) is 8.22. The number of pyridine rings is 1. The van der Waals surface area contributed by atoms with Gasteiger partial charge in [0.2, 0.25) is 0 Å². The first-order valence-corrected chi connectivity index (χ1v) is 11.3. The maximum atomic E-state index is 13.2. The quantitative estimate of drug-likeness (QED) is 0.503. The fourth-order valence-corrected chi connectivity index (χ4v) is 3.98. The highest BCUT2D eigenvalue weighted by molar-refractivity contribution is 6.04. The average molecular weight is 444 g/mol.